The number of rotatable bonds is 10. The summed E-state index contributed by atoms with van der Waals surface area (Å²) in [5, 5.41) is 0. The summed E-state index contributed by atoms with van der Waals surface area (Å²) in [6, 6.07) is 0. The SMILES string of the molecule is C=C(CC(Cl)(Cl)C(Cl)(Cl)C(Cl)(Cl)C(Cl)(Cl)C(Cl)(Cl)C(Cl)(Cl)C(Cl)(Cl)C(Cl)(Cl)Cl)C(=O)OCC. The molecule has 0 unspecified atom stereocenters. The molecule has 0 saturated carbocycles. The lowest BCUT2D eigenvalue weighted by Gasteiger charge is -2.54. The molecule has 0 aromatic heterocycles. The minimum atomic E-state index is -3.07. The summed E-state index contributed by atoms with van der Waals surface area (Å²) < 4.78 is -18.1. The van der Waals surface area contributed by atoms with Gasteiger partial charge in [0.1, 0.15) is 0 Å². The number of hydrogen-bond donors (Lipinski definition) is 0. The van der Waals surface area contributed by atoms with Gasteiger partial charge in [0.05, 0.1) is 6.61 Å². The van der Waals surface area contributed by atoms with E-state index in [2.05, 4.69) is 6.58 Å². The molecule has 0 saturated heterocycles. The number of esters is 1. The van der Waals surface area contributed by atoms with Crippen molar-refractivity contribution in [3.05, 3.63) is 12.2 Å². The monoisotopic (exact) mass is 804 g/mol. The van der Waals surface area contributed by atoms with Crippen LogP contribution in [0.2, 0.25) is 0 Å². The molecule has 0 bridgehead atoms. The molecule has 0 aliphatic carbocycles. The molecule has 19 heteroatoms. The highest BCUT2D eigenvalue weighted by atomic mass is 35.6. The van der Waals surface area contributed by atoms with Crippen molar-refractivity contribution in [1.29, 1.82) is 0 Å². The van der Waals surface area contributed by atoms with Crippen LogP contribution in [-0.4, -0.2) is 46.7 Å². The van der Waals surface area contributed by atoms with Gasteiger partial charge in [0.2, 0.25) is 8.13 Å². The van der Waals surface area contributed by atoms with E-state index in [-0.39, 0.29) is 12.2 Å². The Morgan fingerprint density at radius 3 is 1.21 bits per heavy atom. The van der Waals surface area contributed by atoms with E-state index in [0.29, 0.717) is 0 Å². The Bertz CT molecular complexity index is 749. The largest absolute Gasteiger partial charge is 0.463 e. The molecular weight excluding hydrogens is 803 g/mol. The minimum absolute atomic E-state index is 0.0140. The van der Waals surface area contributed by atoms with Crippen LogP contribution in [0.15, 0.2) is 12.2 Å². The van der Waals surface area contributed by atoms with Crippen molar-refractivity contribution in [2.75, 3.05) is 6.61 Å². The predicted octanol–water partition coefficient (Wildman–Crippen LogP) is 11.1. The highest BCUT2D eigenvalue weighted by Gasteiger charge is 2.81. The van der Waals surface area contributed by atoms with E-state index in [0.717, 1.165) is 0 Å². The normalized spacial score (nSPS) is 15.5. The summed E-state index contributed by atoms with van der Waals surface area (Å²) in [5.74, 6) is -0.883. The molecule has 0 N–H and O–H groups in total. The Labute approximate surface area is 275 Å². The zero-order valence-electron chi connectivity index (χ0n) is 15.4. The zero-order chi connectivity index (χ0) is 27.3. The Kier molecular flexibility index (Phi) is 13.4. The maximum Gasteiger partial charge on any atom is 0.333 e. The Morgan fingerprint density at radius 2 is 0.909 bits per heavy atom. The summed E-state index contributed by atoms with van der Waals surface area (Å²) in [6.45, 7) is 5.03. The first-order valence-electron chi connectivity index (χ1n) is 7.68. The smallest absolute Gasteiger partial charge is 0.333 e. The summed E-state index contributed by atoms with van der Waals surface area (Å²) in [6.07, 6.45) is -0.666. The van der Waals surface area contributed by atoms with Gasteiger partial charge >= 0.3 is 5.97 Å². The van der Waals surface area contributed by atoms with Gasteiger partial charge in [-0.05, 0) is 6.92 Å². The van der Waals surface area contributed by atoms with Crippen molar-refractivity contribution >= 4 is 203 Å². The van der Waals surface area contributed by atoms with Gasteiger partial charge in [-0.3, -0.25) is 0 Å². The van der Waals surface area contributed by atoms with Crippen LogP contribution in [0.4, 0.5) is 0 Å². The van der Waals surface area contributed by atoms with Gasteiger partial charge < -0.3 is 4.74 Å². The van der Waals surface area contributed by atoms with E-state index in [4.69, 9.17) is 202 Å². The van der Waals surface area contributed by atoms with E-state index in [1.807, 2.05) is 0 Å². The number of carbonyl (C=O) groups excluding carboxylic acids is 1. The molecule has 0 radical (unpaired) electrons. The Hall–Kier alpha value is 4.14. The highest BCUT2D eigenvalue weighted by Crippen LogP contribution is 2.72. The number of carbonyl (C=O) groups is 1. The molecule has 0 aromatic carbocycles. The maximum absolute atomic E-state index is 11.9. The molecule has 0 spiro atoms. The fraction of sp³-hybridized carbons (Fsp3) is 0.786. The average Bonchev–Trinajstić information content (AvgIpc) is 2.59. The van der Waals surface area contributed by atoms with E-state index in [9.17, 15) is 4.79 Å². The lowest BCUT2D eigenvalue weighted by Crippen LogP contribution is -2.70. The summed E-state index contributed by atoms with van der Waals surface area (Å²) in [7, 11) is 0. The van der Waals surface area contributed by atoms with Crippen LogP contribution in [0.5, 0.6) is 0 Å². The van der Waals surface area contributed by atoms with E-state index < -0.39 is 46.5 Å². The summed E-state index contributed by atoms with van der Waals surface area (Å²) >= 11 is 105. The van der Waals surface area contributed by atoms with Gasteiger partial charge in [0.25, 0.3) is 0 Å². The first-order chi connectivity index (χ1) is 14.1. The van der Waals surface area contributed by atoms with Crippen molar-refractivity contribution in [3.63, 3.8) is 0 Å². The first-order valence-corrected chi connectivity index (χ1v) is 14.1. The Balaban J connectivity index is 6.59. The van der Waals surface area contributed by atoms with Crippen molar-refractivity contribution < 1.29 is 9.53 Å². The van der Waals surface area contributed by atoms with Crippen LogP contribution in [0.3, 0.4) is 0 Å². The summed E-state index contributed by atoms with van der Waals surface area (Å²) in [5.41, 5.74) is -0.282. The van der Waals surface area contributed by atoms with Gasteiger partial charge in [-0.1, -0.05) is 204 Å². The fourth-order valence-electron chi connectivity index (χ4n) is 1.88. The van der Waals surface area contributed by atoms with E-state index in [1.165, 1.54) is 0 Å². The zero-order valence-corrected chi connectivity index (χ0v) is 28.2. The van der Waals surface area contributed by atoms with Gasteiger partial charge in [0, 0.05) is 12.0 Å². The molecule has 2 nitrogen and oxygen atoms in total. The van der Waals surface area contributed by atoms with Crippen LogP contribution in [0, 0.1) is 0 Å². The predicted molar refractivity (Wildman–Crippen MR) is 152 cm³/mol. The molecule has 0 rings (SSSR count). The third-order valence-electron chi connectivity index (χ3n) is 3.79. The highest BCUT2D eigenvalue weighted by molar-refractivity contribution is 6.83. The Morgan fingerprint density at radius 1 is 0.606 bits per heavy atom. The first kappa shape index (κ1) is 37.1. The van der Waals surface area contributed by atoms with E-state index in [1.54, 1.807) is 6.92 Å². The molecule has 0 aliphatic heterocycles. The third kappa shape index (κ3) is 6.73. The second-order valence-corrected chi connectivity index (χ2v) is 17.9. The fourth-order valence-corrected chi connectivity index (χ4v) is 7.18. The molecule has 33 heavy (non-hydrogen) atoms. The maximum atomic E-state index is 11.9. The van der Waals surface area contributed by atoms with Gasteiger partial charge in [-0.25, -0.2) is 4.79 Å². The van der Waals surface area contributed by atoms with Crippen LogP contribution < -0.4 is 0 Å². The number of hydrogen-bond acceptors (Lipinski definition) is 2. The van der Waals surface area contributed by atoms with E-state index >= 15 is 0 Å². The van der Waals surface area contributed by atoms with Gasteiger partial charge in [-0.15, -0.1) is 0 Å². The van der Waals surface area contributed by atoms with Crippen molar-refractivity contribution in [1.82, 2.24) is 0 Å². The lowest BCUT2D eigenvalue weighted by molar-refractivity contribution is -0.138. The summed E-state index contributed by atoms with van der Waals surface area (Å²) in [4.78, 5) is 11.9. The number of alkyl halides is 17. The quantitative estimate of drug-likeness (QED) is 0.125. The second-order valence-electron chi connectivity index (χ2n) is 6.15. The van der Waals surface area contributed by atoms with Crippen molar-refractivity contribution in [2.45, 2.75) is 47.5 Å². The van der Waals surface area contributed by atoms with Crippen LogP contribution in [0.1, 0.15) is 13.3 Å². The number of halogens is 17. The lowest BCUT2D eigenvalue weighted by atomic mass is 10.00. The molecule has 0 heterocycles. The van der Waals surface area contributed by atoms with Gasteiger partial charge in [0.15, 0.2) is 26.0 Å². The molecule has 0 aromatic rings. The molecular formula is C14H9Cl17O2. The molecule has 196 valence electrons. The van der Waals surface area contributed by atoms with Crippen LogP contribution in [-0.2, 0) is 9.53 Å². The molecule has 0 aliphatic rings. The molecule has 0 atom stereocenters. The standard InChI is InChI=1S/C14H9Cl17O2/c1-3-33-6(32)5(2)4-7(15,16)8(17,18)9(19,20)10(21,22)11(23,24)12(25,26)13(27,28)14(29,30)31/h2-4H2,1H3. The van der Waals surface area contributed by atoms with Gasteiger partial charge in [-0.2, -0.15) is 0 Å². The van der Waals surface area contributed by atoms with Crippen LogP contribution in [0.25, 0.3) is 0 Å². The van der Waals surface area contributed by atoms with Crippen molar-refractivity contribution in [3.8, 4) is 0 Å². The van der Waals surface area contributed by atoms with Crippen LogP contribution >= 0.6 is 197 Å². The minimum Gasteiger partial charge on any atom is -0.463 e. The third-order valence-corrected chi connectivity index (χ3v) is 15.3. The van der Waals surface area contributed by atoms with Crippen molar-refractivity contribution in [2.24, 2.45) is 0 Å². The molecule has 0 amide bonds. The topological polar surface area (TPSA) is 26.3 Å². The molecule has 0 fully saturated rings. The number of ether oxygens (including phenoxy) is 1. The second kappa shape index (κ2) is 11.9. The average molecular weight is 812 g/mol.